The van der Waals surface area contributed by atoms with Gasteiger partial charge in [-0.15, -0.1) is 0 Å². The zero-order chi connectivity index (χ0) is 12.2. The average molecular weight is 218 g/mol. The molecule has 0 aliphatic rings. The topological polar surface area (TPSA) is 49.7 Å². The van der Waals surface area contributed by atoms with Crippen LogP contribution in [-0.2, 0) is 4.74 Å². The van der Waals surface area contributed by atoms with Gasteiger partial charge in [0.15, 0.2) is 6.29 Å². The van der Waals surface area contributed by atoms with Crippen molar-refractivity contribution in [2.45, 2.75) is 53.9 Å². The second-order valence-electron chi connectivity index (χ2n) is 5.59. The maximum absolute atomic E-state index is 9.95. The molecule has 0 amide bonds. The van der Waals surface area contributed by atoms with Crippen LogP contribution in [0.4, 0.5) is 0 Å². The van der Waals surface area contributed by atoms with Crippen LogP contribution in [0.25, 0.3) is 0 Å². The van der Waals surface area contributed by atoms with Crippen LogP contribution in [0.5, 0.6) is 0 Å². The van der Waals surface area contributed by atoms with Crippen LogP contribution in [0, 0.1) is 17.3 Å². The van der Waals surface area contributed by atoms with Gasteiger partial charge in [0.25, 0.3) is 0 Å². The van der Waals surface area contributed by atoms with E-state index >= 15 is 0 Å². The van der Waals surface area contributed by atoms with Gasteiger partial charge in [-0.3, -0.25) is 0 Å². The summed E-state index contributed by atoms with van der Waals surface area (Å²) in [5.74, 6) is 0.490. The fraction of sp³-hybridized carbons (Fsp3) is 1.00. The smallest absolute Gasteiger partial charge is 0.162 e. The molecule has 0 fully saturated rings. The van der Waals surface area contributed by atoms with Crippen molar-refractivity contribution >= 4 is 0 Å². The molecular weight excluding hydrogens is 192 g/mol. The Morgan fingerprint density at radius 1 is 1.07 bits per heavy atom. The van der Waals surface area contributed by atoms with E-state index in [4.69, 9.17) is 4.74 Å². The average Bonchev–Trinajstić information content (AvgIpc) is 2.12. The SMILES string of the molecule is CC(C)COC(O)C(C)(C)C(O)C(C)C. The van der Waals surface area contributed by atoms with Crippen molar-refractivity contribution in [3.63, 3.8) is 0 Å². The molecule has 0 radical (unpaired) electrons. The summed E-state index contributed by atoms with van der Waals surface area (Å²) in [5.41, 5.74) is -0.636. The molecule has 0 spiro atoms. The summed E-state index contributed by atoms with van der Waals surface area (Å²) in [6, 6.07) is 0. The lowest BCUT2D eigenvalue weighted by molar-refractivity contribution is -0.205. The van der Waals surface area contributed by atoms with Crippen LogP contribution in [0.15, 0.2) is 0 Å². The molecule has 0 aliphatic carbocycles. The van der Waals surface area contributed by atoms with Gasteiger partial charge in [0.05, 0.1) is 12.7 Å². The largest absolute Gasteiger partial charge is 0.392 e. The molecule has 92 valence electrons. The molecule has 2 atom stereocenters. The highest BCUT2D eigenvalue weighted by Gasteiger charge is 2.37. The monoisotopic (exact) mass is 218 g/mol. The summed E-state index contributed by atoms with van der Waals surface area (Å²) >= 11 is 0. The Morgan fingerprint density at radius 2 is 1.53 bits per heavy atom. The number of rotatable bonds is 6. The van der Waals surface area contributed by atoms with Crippen molar-refractivity contribution in [1.82, 2.24) is 0 Å². The lowest BCUT2D eigenvalue weighted by atomic mass is 9.80. The van der Waals surface area contributed by atoms with Crippen LogP contribution in [0.3, 0.4) is 0 Å². The molecular formula is C12H26O3. The van der Waals surface area contributed by atoms with Crippen molar-refractivity contribution < 1.29 is 14.9 Å². The van der Waals surface area contributed by atoms with E-state index in [2.05, 4.69) is 0 Å². The molecule has 0 rings (SSSR count). The third kappa shape index (κ3) is 4.49. The molecule has 3 nitrogen and oxygen atoms in total. The molecule has 0 aromatic carbocycles. The molecule has 0 saturated heterocycles. The number of aliphatic hydroxyl groups excluding tert-OH is 2. The number of aliphatic hydroxyl groups is 2. The van der Waals surface area contributed by atoms with Crippen molar-refractivity contribution in [3.8, 4) is 0 Å². The maximum atomic E-state index is 9.95. The first kappa shape index (κ1) is 14.9. The van der Waals surface area contributed by atoms with E-state index < -0.39 is 17.8 Å². The zero-order valence-corrected chi connectivity index (χ0v) is 10.8. The minimum atomic E-state index is -0.919. The highest BCUT2D eigenvalue weighted by atomic mass is 16.6. The standard InChI is InChI=1S/C12H26O3/c1-8(2)7-15-11(14)12(5,6)10(13)9(3)4/h8-11,13-14H,7H2,1-6H3. The molecule has 0 heterocycles. The Labute approximate surface area is 93.5 Å². The van der Waals surface area contributed by atoms with Crippen molar-refractivity contribution in [1.29, 1.82) is 0 Å². The molecule has 15 heavy (non-hydrogen) atoms. The van der Waals surface area contributed by atoms with Gasteiger partial charge < -0.3 is 14.9 Å². The van der Waals surface area contributed by atoms with Crippen LogP contribution in [0.1, 0.15) is 41.5 Å². The third-order valence-corrected chi connectivity index (χ3v) is 2.62. The van der Waals surface area contributed by atoms with Gasteiger partial charge in [-0.2, -0.15) is 0 Å². The van der Waals surface area contributed by atoms with Crippen LogP contribution in [-0.4, -0.2) is 29.2 Å². The third-order valence-electron chi connectivity index (χ3n) is 2.62. The summed E-state index contributed by atoms with van der Waals surface area (Å²) in [4.78, 5) is 0. The molecule has 2 unspecified atom stereocenters. The van der Waals surface area contributed by atoms with E-state index in [1.165, 1.54) is 0 Å². The van der Waals surface area contributed by atoms with Gasteiger partial charge in [0.1, 0.15) is 0 Å². The number of hydrogen-bond acceptors (Lipinski definition) is 3. The fourth-order valence-electron chi connectivity index (χ4n) is 1.50. The Kier molecular flexibility index (Phi) is 5.78. The highest BCUT2D eigenvalue weighted by Crippen LogP contribution is 2.30. The second-order valence-corrected chi connectivity index (χ2v) is 5.59. The lowest BCUT2D eigenvalue weighted by Gasteiger charge is -2.37. The van der Waals surface area contributed by atoms with Crippen LogP contribution in [0.2, 0.25) is 0 Å². The van der Waals surface area contributed by atoms with Gasteiger partial charge in [-0.05, 0) is 11.8 Å². The summed E-state index contributed by atoms with van der Waals surface area (Å²) in [6.07, 6.45) is -1.49. The Morgan fingerprint density at radius 3 is 1.87 bits per heavy atom. The summed E-state index contributed by atoms with van der Waals surface area (Å²) in [7, 11) is 0. The molecule has 2 N–H and O–H groups in total. The van der Waals surface area contributed by atoms with E-state index in [9.17, 15) is 10.2 Å². The quantitative estimate of drug-likeness (QED) is 0.671. The number of ether oxygens (including phenoxy) is 1. The molecule has 0 aromatic rings. The zero-order valence-electron chi connectivity index (χ0n) is 10.8. The Hall–Kier alpha value is -0.120. The summed E-state index contributed by atoms with van der Waals surface area (Å²) < 4.78 is 5.34. The van der Waals surface area contributed by atoms with Crippen molar-refractivity contribution in [2.24, 2.45) is 17.3 Å². The normalized spacial score (nSPS) is 17.2. The van der Waals surface area contributed by atoms with E-state index in [1.807, 2.05) is 41.5 Å². The van der Waals surface area contributed by atoms with Gasteiger partial charge in [-0.25, -0.2) is 0 Å². The van der Waals surface area contributed by atoms with Gasteiger partial charge in [0, 0.05) is 5.41 Å². The minimum Gasteiger partial charge on any atom is -0.392 e. The summed E-state index contributed by atoms with van der Waals surface area (Å²) in [6.45, 7) is 12.1. The predicted molar refractivity (Wildman–Crippen MR) is 61.4 cm³/mol. The maximum Gasteiger partial charge on any atom is 0.162 e. The second kappa shape index (κ2) is 5.83. The van der Waals surface area contributed by atoms with Crippen molar-refractivity contribution in [3.05, 3.63) is 0 Å². The predicted octanol–water partition coefficient (Wildman–Crippen LogP) is 2.02. The van der Waals surface area contributed by atoms with E-state index in [-0.39, 0.29) is 5.92 Å². The van der Waals surface area contributed by atoms with Crippen LogP contribution >= 0.6 is 0 Å². The minimum absolute atomic E-state index is 0.109. The first-order valence-corrected chi connectivity index (χ1v) is 5.67. The van der Waals surface area contributed by atoms with Gasteiger partial charge in [0.2, 0.25) is 0 Å². The first-order chi connectivity index (χ1) is 6.69. The Balaban J connectivity index is 4.30. The summed E-state index contributed by atoms with van der Waals surface area (Å²) in [5, 5.41) is 19.8. The molecule has 3 heteroatoms. The number of hydrogen-bond donors (Lipinski definition) is 2. The van der Waals surface area contributed by atoms with Gasteiger partial charge >= 0.3 is 0 Å². The molecule has 0 aliphatic heterocycles. The van der Waals surface area contributed by atoms with Gasteiger partial charge in [-0.1, -0.05) is 41.5 Å². The molecule has 0 saturated carbocycles. The highest BCUT2D eigenvalue weighted by molar-refractivity contribution is 4.82. The van der Waals surface area contributed by atoms with E-state index in [1.54, 1.807) is 0 Å². The first-order valence-electron chi connectivity index (χ1n) is 5.67. The van der Waals surface area contributed by atoms with E-state index in [0.717, 1.165) is 0 Å². The molecule has 0 bridgehead atoms. The fourth-order valence-corrected chi connectivity index (χ4v) is 1.50. The Bertz CT molecular complexity index is 176. The molecule has 0 aromatic heterocycles. The van der Waals surface area contributed by atoms with Crippen molar-refractivity contribution in [2.75, 3.05) is 6.61 Å². The van der Waals surface area contributed by atoms with Crippen LogP contribution < -0.4 is 0 Å². The lowest BCUT2D eigenvalue weighted by Crippen LogP contribution is -2.44. The van der Waals surface area contributed by atoms with E-state index in [0.29, 0.717) is 12.5 Å².